The van der Waals surface area contributed by atoms with Crippen molar-refractivity contribution < 1.29 is 9.53 Å². The van der Waals surface area contributed by atoms with E-state index in [1.807, 2.05) is 51.9 Å². The molecule has 1 aromatic carbocycles. The molecule has 0 spiro atoms. The molecule has 0 aromatic heterocycles. The number of ether oxygens (including phenoxy) is 1. The molecule has 0 aliphatic rings. The van der Waals surface area contributed by atoms with Gasteiger partial charge in [-0.25, -0.2) is 0 Å². The van der Waals surface area contributed by atoms with Gasteiger partial charge >= 0.3 is 0 Å². The zero-order valence-electron chi connectivity index (χ0n) is 14.1. The van der Waals surface area contributed by atoms with E-state index in [-0.39, 0.29) is 11.4 Å². The van der Waals surface area contributed by atoms with Crippen molar-refractivity contribution in [2.24, 2.45) is 0 Å². The summed E-state index contributed by atoms with van der Waals surface area (Å²) in [4.78, 5) is 13.8. The van der Waals surface area contributed by atoms with Crippen molar-refractivity contribution in [1.29, 1.82) is 0 Å². The van der Waals surface area contributed by atoms with Crippen LogP contribution in [0, 0.1) is 0 Å². The number of hydrogen-bond donors (Lipinski definition) is 2. The highest BCUT2D eigenvalue weighted by Gasteiger charge is 2.11. The molecule has 1 rings (SSSR count). The van der Waals surface area contributed by atoms with Gasteiger partial charge in [-0.3, -0.25) is 4.79 Å². The second kappa shape index (κ2) is 7.84. The third-order valence-electron chi connectivity index (χ3n) is 2.76. The van der Waals surface area contributed by atoms with Crippen molar-refractivity contribution in [2.45, 2.75) is 26.3 Å². The summed E-state index contributed by atoms with van der Waals surface area (Å²) >= 11 is 0. The minimum Gasteiger partial charge on any atom is -0.490 e. The number of anilines is 1. The van der Waals surface area contributed by atoms with E-state index in [2.05, 4.69) is 5.32 Å². The molecule has 122 valence electrons. The lowest BCUT2D eigenvalue weighted by atomic mass is 10.1. The third-order valence-corrected chi connectivity index (χ3v) is 2.76. The molecule has 0 saturated carbocycles. The fourth-order valence-corrected chi connectivity index (χ4v) is 1.72. The molecule has 0 unspecified atom stereocenters. The second-order valence-corrected chi connectivity index (χ2v) is 6.52. The number of likely N-dealkylation sites (N-methyl/N-ethyl adjacent to an activating group) is 1. The fraction of sp³-hybridized carbons (Fsp3) is 0.471. The van der Waals surface area contributed by atoms with Crippen LogP contribution in [0.4, 0.5) is 5.69 Å². The molecule has 0 saturated heterocycles. The van der Waals surface area contributed by atoms with Crippen LogP contribution in [-0.2, 0) is 4.79 Å². The molecule has 0 aliphatic carbocycles. The van der Waals surface area contributed by atoms with Gasteiger partial charge in [-0.2, -0.15) is 0 Å². The number of carbonyl (C=O) groups excluding carboxylic acids is 1. The maximum atomic E-state index is 11.7. The van der Waals surface area contributed by atoms with E-state index in [9.17, 15) is 4.79 Å². The summed E-state index contributed by atoms with van der Waals surface area (Å²) in [6.07, 6.45) is 3.24. The lowest BCUT2D eigenvalue weighted by Crippen LogP contribution is -2.39. The molecule has 1 amide bonds. The van der Waals surface area contributed by atoms with Crippen LogP contribution in [0.3, 0.4) is 0 Å². The molecule has 0 bridgehead atoms. The Kier molecular flexibility index (Phi) is 6.43. The van der Waals surface area contributed by atoms with E-state index in [0.29, 0.717) is 18.0 Å². The highest BCUT2D eigenvalue weighted by molar-refractivity contribution is 5.92. The minimum absolute atomic E-state index is 0.127. The number of carbonyl (C=O) groups is 1. The zero-order chi connectivity index (χ0) is 16.8. The molecular formula is C17H27N3O2. The van der Waals surface area contributed by atoms with Crippen LogP contribution >= 0.6 is 0 Å². The second-order valence-electron chi connectivity index (χ2n) is 6.52. The van der Waals surface area contributed by atoms with Gasteiger partial charge in [0.1, 0.15) is 12.4 Å². The normalized spacial score (nSPS) is 11.9. The Labute approximate surface area is 133 Å². The summed E-state index contributed by atoms with van der Waals surface area (Å²) in [6.45, 7) is 7.23. The molecule has 3 N–H and O–H groups in total. The van der Waals surface area contributed by atoms with Crippen molar-refractivity contribution in [1.82, 2.24) is 10.2 Å². The molecule has 22 heavy (non-hydrogen) atoms. The Morgan fingerprint density at radius 3 is 2.59 bits per heavy atom. The maximum Gasteiger partial charge on any atom is 0.244 e. The molecule has 0 radical (unpaired) electrons. The molecule has 0 atom stereocenters. The van der Waals surface area contributed by atoms with Gasteiger partial charge in [0, 0.05) is 18.2 Å². The quantitative estimate of drug-likeness (QED) is 0.624. The molecule has 0 heterocycles. The van der Waals surface area contributed by atoms with E-state index in [1.165, 1.54) is 6.08 Å². The smallest absolute Gasteiger partial charge is 0.244 e. The van der Waals surface area contributed by atoms with E-state index >= 15 is 0 Å². The number of nitrogens with two attached hydrogens (primary N) is 1. The Balaban J connectivity index is 2.63. The zero-order valence-corrected chi connectivity index (χ0v) is 14.1. The first kappa shape index (κ1) is 18.0. The topological polar surface area (TPSA) is 67.6 Å². The van der Waals surface area contributed by atoms with Gasteiger partial charge in [-0.15, -0.1) is 0 Å². The van der Waals surface area contributed by atoms with Gasteiger partial charge in [0.2, 0.25) is 5.91 Å². The van der Waals surface area contributed by atoms with Gasteiger partial charge in [0.25, 0.3) is 0 Å². The molecule has 1 aromatic rings. The van der Waals surface area contributed by atoms with E-state index < -0.39 is 0 Å². The Morgan fingerprint density at radius 1 is 1.36 bits per heavy atom. The number of rotatable bonds is 6. The van der Waals surface area contributed by atoms with Crippen LogP contribution < -0.4 is 15.8 Å². The average Bonchev–Trinajstić information content (AvgIpc) is 2.36. The van der Waals surface area contributed by atoms with Gasteiger partial charge in [0.15, 0.2) is 0 Å². The molecule has 0 aliphatic heterocycles. The van der Waals surface area contributed by atoms with Crippen LogP contribution in [0.5, 0.6) is 5.75 Å². The van der Waals surface area contributed by atoms with E-state index in [0.717, 1.165) is 12.1 Å². The van der Waals surface area contributed by atoms with Crippen molar-refractivity contribution in [3.8, 4) is 5.75 Å². The fourth-order valence-electron chi connectivity index (χ4n) is 1.72. The van der Waals surface area contributed by atoms with Gasteiger partial charge < -0.3 is 20.7 Å². The highest BCUT2D eigenvalue weighted by Crippen LogP contribution is 2.23. The first-order valence-electron chi connectivity index (χ1n) is 7.34. The summed E-state index contributed by atoms with van der Waals surface area (Å²) in [5, 5.41) is 2.87. The van der Waals surface area contributed by atoms with Crippen LogP contribution in [-0.4, -0.2) is 43.6 Å². The van der Waals surface area contributed by atoms with E-state index in [4.69, 9.17) is 10.5 Å². The number of benzene rings is 1. The number of nitrogen functional groups attached to an aromatic ring is 1. The van der Waals surface area contributed by atoms with Crippen LogP contribution in [0.2, 0.25) is 0 Å². The molecular weight excluding hydrogens is 278 g/mol. The predicted molar refractivity (Wildman–Crippen MR) is 91.8 cm³/mol. The number of nitrogens with zero attached hydrogens (tertiary/aromatic N) is 1. The van der Waals surface area contributed by atoms with Gasteiger partial charge in [-0.05, 0) is 58.6 Å². The van der Waals surface area contributed by atoms with Crippen LogP contribution in [0.1, 0.15) is 26.3 Å². The monoisotopic (exact) mass is 305 g/mol. The van der Waals surface area contributed by atoms with Crippen molar-refractivity contribution in [3.63, 3.8) is 0 Å². The SMILES string of the molecule is CN(C)CCOc1ccc(/C=C\C(=O)NC(C)(C)C)cc1N. The van der Waals surface area contributed by atoms with Crippen LogP contribution in [0.15, 0.2) is 24.3 Å². The third kappa shape index (κ3) is 7.13. The maximum absolute atomic E-state index is 11.7. The first-order valence-corrected chi connectivity index (χ1v) is 7.34. The number of hydrogen-bond acceptors (Lipinski definition) is 4. The standard InChI is InChI=1S/C17H27N3O2/c1-17(2,3)19-16(21)9-7-13-6-8-15(14(18)12-13)22-11-10-20(4)5/h6-9,12H,10-11,18H2,1-5H3,(H,19,21)/b9-7-. The number of amides is 1. The summed E-state index contributed by atoms with van der Waals surface area (Å²) in [5.41, 5.74) is 7.16. The lowest BCUT2D eigenvalue weighted by molar-refractivity contribution is -0.117. The minimum atomic E-state index is -0.245. The summed E-state index contributed by atoms with van der Waals surface area (Å²) in [6, 6.07) is 5.50. The summed E-state index contributed by atoms with van der Waals surface area (Å²) in [7, 11) is 3.98. The average molecular weight is 305 g/mol. The molecule has 5 heteroatoms. The van der Waals surface area contributed by atoms with Crippen molar-refractivity contribution in [2.75, 3.05) is 33.0 Å². The molecule has 0 fully saturated rings. The van der Waals surface area contributed by atoms with Gasteiger partial charge in [0.05, 0.1) is 5.69 Å². The summed E-state index contributed by atoms with van der Waals surface area (Å²) < 4.78 is 5.62. The highest BCUT2D eigenvalue weighted by atomic mass is 16.5. The first-order chi connectivity index (χ1) is 10.2. The largest absolute Gasteiger partial charge is 0.490 e. The Hall–Kier alpha value is -2.01. The Bertz CT molecular complexity index is 531. The van der Waals surface area contributed by atoms with E-state index in [1.54, 1.807) is 12.1 Å². The lowest BCUT2D eigenvalue weighted by Gasteiger charge is -2.19. The van der Waals surface area contributed by atoms with Crippen molar-refractivity contribution in [3.05, 3.63) is 29.8 Å². The summed E-state index contributed by atoms with van der Waals surface area (Å²) in [5.74, 6) is 0.538. The molecule has 5 nitrogen and oxygen atoms in total. The van der Waals surface area contributed by atoms with Gasteiger partial charge in [-0.1, -0.05) is 6.07 Å². The van der Waals surface area contributed by atoms with Crippen LogP contribution in [0.25, 0.3) is 6.08 Å². The predicted octanol–water partition coefficient (Wildman–Crippen LogP) is 2.14. The van der Waals surface area contributed by atoms with Crippen molar-refractivity contribution >= 4 is 17.7 Å². The number of nitrogens with one attached hydrogen (secondary N) is 1. The Morgan fingerprint density at radius 2 is 2.05 bits per heavy atom.